The van der Waals surface area contributed by atoms with Crippen LogP contribution in [0, 0.1) is 17.8 Å². The Morgan fingerprint density at radius 2 is 1.89 bits per heavy atom. The fraction of sp³-hybridized carbons (Fsp3) is 0.619. The molecule has 2 aliphatic heterocycles. The molecule has 2 heterocycles. The van der Waals surface area contributed by atoms with Crippen molar-refractivity contribution in [1.82, 2.24) is 15.1 Å². The molecule has 6 rings (SSSR count). The maximum Gasteiger partial charge on any atom is 0.255 e. The van der Waals surface area contributed by atoms with Gasteiger partial charge >= 0.3 is 0 Å². The first-order valence-electron chi connectivity index (χ1n) is 10.2. The number of carbonyl (C=O) groups excluding carboxylic acids is 2. The van der Waals surface area contributed by atoms with Crippen LogP contribution < -0.4 is 10.6 Å². The number of para-hydroxylation sites is 1. The number of anilines is 1. The van der Waals surface area contributed by atoms with Crippen LogP contribution in [0.2, 0.25) is 0 Å². The van der Waals surface area contributed by atoms with Gasteiger partial charge in [-0.25, -0.2) is 0 Å². The molecule has 3 aliphatic carbocycles. The zero-order chi connectivity index (χ0) is 18.6. The fourth-order valence-corrected chi connectivity index (χ4v) is 5.71. The van der Waals surface area contributed by atoms with Crippen molar-refractivity contribution in [3.8, 4) is 0 Å². The Balaban J connectivity index is 1.35. The minimum atomic E-state index is -0.382. The Bertz CT molecular complexity index is 773. The molecule has 144 valence electrons. The van der Waals surface area contributed by atoms with Crippen molar-refractivity contribution >= 4 is 17.5 Å². The smallest absolute Gasteiger partial charge is 0.255 e. The molecule has 6 heteroatoms. The minimum Gasteiger partial charge on any atom is -0.362 e. The molecule has 1 aromatic rings. The second-order valence-electron chi connectivity index (χ2n) is 8.81. The number of fused-ring (bicyclic) bond motifs is 3. The Labute approximate surface area is 160 Å². The fourth-order valence-electron chi connectivity index (χ4n) is 5.71. The lowest BCUT2D eigenvalue weighted by Crippen LogP contribution is -2.68. The first-order chi connectivity index (χ1) is 13.1. The van der Waals surface area contributed by atoms with Gasteiger partial charge < -0.3 is 20.4 Å². The second-order valence-corrected chi connectivity index (χ2v) is 8.81. The third kappa shape index (κ3) is 2.73. The van der Waals surface area contributed by atoms with E-state index in [2.05, 4.69) is 27.5 Å². The maximum atomic E-state index is 13.2. The van der Waals surface area contributed by atoms with E-state index in [1.54, 1.807) is 0 Å². The van der Waals surface area contributed by atoms with Crippen molar-refractivity contribution in [3.05, 3.63) is 29.8 Å². The third-order valence-corrected chi connectivity index (χ3v) is 7.27. The van der Waals surface area contributed by atoms with Gasteiger partial charge in [0.15, 0.2) is 0 Å². The first kappa shape index (κ1) is 17.0. The molecule has 0 radical (unpaired) electrons. The summed E-state index contributed by atoms with van der Waals surface area (Å²) in [5.74, 6) is 1.13. The van der Waals surface area contributed by atoms with Crippen molar-refractivity contribution in [3.63, 3.8) is 0 Å². The number of nitrogens with zero attached hydrogens (tertiary/aromatic N) is 2. The number of amides is 2. The molecule has 5 aliphatic rings. The molecule has 4 atom stereocenters. The first-order valence-corrected chi connectivity index (χ1v) is 10.2. The lowest BCUT2D eigenvalue weighted by Gasteiger charge is -2.57. The van der Waals surface area contributed by atoms with Gasteiger partial charge in [-0.05, 0) is 50.8 Å². The molecular weight excluding hydrogens is 340 g/mol. The van der Waals surface area contributed by atoms with Crippen LogP contribution in [0.25, 0.3) is 0 Å². The van der Waals surface area contributed by atoms with Crippen molar-refractivity contribution in [2.75, 3.05) is 38.5 Å². The van der Waals surface area contributed by atoms with E-state index in [0.717, 1.165) is 63.1 Å². The summed E-state index contributed by atoms with van der Waals surface area (Å²) >= 11 is 0. The summed E-state index contributed by atoms with van der Waals surface area (Å²) in [6.45, 7) is 3.61. The lowest BCUT2D eigenvalue weighted by atomic mass is 9.58. The van der Waals surface area contributed by atoms with Crippen molar-refractivity contribution in [1.29, 1.82) is 0 Å². The SMILES string of the molecule is CN1CCN(C(=O)[C@@H]2C[C@@H]3CC[C@@H]2C[C@@]32NC(=O)c3ccccc3N2)CC1. The molecule has 2 N–H and O–H groups in total. The van der Waals surface area contributed by atoms with Crippen LogP contribution in [0.5, 0.6) is 0 Å². The van der Waals surface area contributed by atoms with Gasteiger partial charge in [0, 0.05) is 43.7 Å². The molecule has 1 spiro atoms. The van der Waals surface area contributed by atoms with Crippen LogP contribution in [0.4, 0.5) is 5.69 Å². The highest BCUT2D eigenvalue weighted by Gasteiger charge is 2.55. The molecule has 1 aromatic carbocycles. The lowest BCUT2D eigenvalue weighted by molar-refractivity contribution is -0.144. The van der Waals surface area contributed by atoms with E-state index in [0.29, 0.717) is 17.7 Å². The van der Waals surface area contributed by atoms with Crippen LogP contribution in [0.3, 0.4) is 0 Å². The zero-order valence-corrected chi connectivity index (χ0v) is 15.9. The quantitative estimate of drug-likeness (QED) is 0.793. The molecule has 2 bridgehead atoms. The molecule has 2 amide bonds. The monoisotopic (exact) mass is 368 g/mol. The topological polar surface area (TPSA) is 64.7 Å². The van der Waals surface area contributed by atoms with Gasteiger partial charge in [-0.3, -0.25) is 9.59 Å². The Morgan fingerprint density at radius 3 is 2.63 bits per heavy atom. The summed E-state index contributed by atoms with van der Waals surface area (Å²) in [5, 5.41) is 6.94. The summed E-state index contributed by atoms with van der Waals surface area (Å²) in [5.41, 5.74) is 1.26. The number of carbonyl (C=O) groups is 2. The van der Waals surface area contributed by atoms with Gasteiger partial charge in [0.25, 0.3) is 5.91 Å². The molecule has 1 saturated heterocycles. The molecule has 3 saturated carbocycles. The van der Waals surface area contributed by atoms with Gasteiger partial charge in [-0.1, -0.05) is 12.1 Å². The predicted octanol–water partition coefficient (Wildman–Crippen LogP) is 1.75. The average molecular weight is 368 g/mol. The van der Waals surface area contributed by atoms with Gasteiger partial charge in [0.05, 0.1) is 5.56 Å². The van der Waals surface area contributed by atoms with Gasteiger partial charge in [-0.2, -0.15) is 0 Å². The molecule has 27 heavy (non-hydrogen) atoms. The summed E-state index contributed by atoms with van der Waals surface area (Å²) in [7, 11) is 2.11. The number of piperazine rings is 1. The van der Waals surface area contributed by atoms with Crippen molar-refractivity contribution < 1.29 is 9.59 Å². The van der Waals surface area contributed by atoms with Crippen molar-refractivity contribution in [2.45, 2.75) is 31.3 Å². The normalized spacial score (nSPS) is 35.5. The Kier molecular flexibility index (Phi) is 3.93. The largest absolute Gasteiger partial charge is 0.362 e. The summed E-state index contributed by atoms with van der Waals surface area (Å²) < 4.78 is 0. The molecular formula is C21H28N4O2. The molecule has 6 nitrogen and oxygen atoms in total. The predicted molar refractivity (Wildman–Crippen MR) is 103 cm³/mol. The summed E-state index contributed by atoms with van der Waals surface area (Å²) in [6.07, 6.45) is 3.90. The van der Waals surface area contributed by atoms with E-state index in [1.165, 1.54) is 0 Å². The number of likely N-dealkylation sites (N-methyl/N-ethyl adjacent to an activating group) is 1. The highest BCUT2D eigenvalue weighted by atomic mass is 16.2. The average Bonchev–Trinajstić information content (AvgIpc) is 2.68. The summed E-state index contributed by atoms with van der Waals surface area (Å²) in [4.78, 5) is 30.2. The highest BCUT2D eigenvalue weighted by Crippen LogP contribution is 2.52. The number of benzene rings is 1. The van der Waals surface area contributed by atoms with Gasteiger partial charge in [-0.15, -0.1) is 0 Å². The van der Waals surface area contributed by atoms with Crippen LogP contribution in [-0.2, 0) is 4.79 Å². The molecule has 0 aromatic heterocycles. The van der Waals surface area contributed by atoms with Gasteiger partial charge in [0.1, 0.15) is 5.66 Å². The van der Waals surface area contributed by atoms with Gasteiger partial charge in [0.2, 0.25) is 5.91 Å². The standard InChI is InChI=1S/C21H28N4O2/c1-24-8-10-25(11-9-24)20(27)17-12-15-7-6-14(17)13-21(15)22-18-5-3-2-4-16(18)19(26)23-21/h2-5,14-15,17,22H,6-13H2,1H3,(H,23,26)/t14-,15+,17-,21-/m1/s1. The molecule has 0 unspecified atom stereocenters. The minimum absolute atomic E-state index is 0.0128. The Morgan fingerprint density at radius 1 is 1.11 bits per heavy atom. The van der Waals surface area contributed by atoms with Crippen LogP contribution in [0.15, 0.2) is 24.3 Å². The van der Waals surface area contributed by atoms with E-state index in [4.69, 9.17) is 0 Å². The number of hydrogen-bond acceptors (Lipinski definition) is 4. The maximum absolute atomic E-state index is 13.2. The second kappa shape index (κ2) is 6.23. The van der Waals surface area contributed by atoms with Crippen LogP contribution in [0.1, 0.15) is 36.0 Å². The van der Waals surface area contributed by atoms with E-state index in [-0.39, 0.29) is 17.5 Å². The number of rotatable bonds is 1. The van der Waals surface area contributed by atoms with Crippen LogP contribution in [-0.4, -0.2) is 60.5 Å². The van der Waals surface area contributed by atoms with E-state index in [1.807, 2.05) is 24.3 Å². The number of hydrogen-bond donors (Lipinski definition) is 2. The number of nitrogens with one attached hydrogen (secondary N) is 2. The third-order valence-electron chi connectivity index (χ3n) is 7.27. The van der Waals surface area contributed by atoms with E-state index < -0.39 is 0 Å². The highest BCUT2D eigenvalue weighted by molar-refractivity contribution is 6.02. The van der Waals surface area contributed by atoms with Crippen molar-refractivity contribution in [2.24, 2.45) is 17.8 Å². The van der Waals surface area contributed by atoms with E-state index in [9.17, 15) is 9.59 Å². The summed E-state index contributed by atoms with van der Waals surface area (Å²) in [6, 6.07) is 7.73. The zero-order valence-electron chi connectivity index (χ0n) is 15.9. The van der Waals surface area contributed by atoms with Crippen LogP contribution >= 0.6 is 0 Å². The Hall–Kier alpha value is -2.08. The molecule has 4 fully saturated rings. The van der Waals surface area contributed by atoms with E-state index >= 15 is 0 Å².